The number of pyridine rings is 1. The Morgan fingerprint density at radius 1 is 1.35 bits per heavy atom. The van der Waals surface area contributed by atoms with E-state index in [-0.39, 0.29) is 0 Å². The molecule has 5 nitrogen and oxygen atoms in total. The normalized spacial score (nSPS) is 11.4. The van der Waals surface area contributed by atoms with Crippen molar-refractivity contribution in [1.82, 2.24) is 9.97 Å². The number of benzene rings is 1. The lowest BCUT2D eigenvalue weighted by molar-refractivity contribution is 0.234. The zero-order valence-corrected chi connectivity index (χ0v) is 14.9. The van der Waals surface area contributed by atoms with Crippen molar-refractivity contribution < 1.29 is 4.74 Å². The van der Waals surface area contributed by atoms with Gasteiger partial charge in [-0.05, 0) is 36.4 Å². The molecule has 0 aliphatic carbocycles. The molecular weight excluding hydrogens is 344 g/mol. The Balaban J connectivity index is 1.77. The number of hydrogen-bond acceptors (Lipinski definition) is 5. The number of nitrogens with zero attached hydrogens (tertiary/aromatic N) is 2. The highest BCUT2D eigenvalue weighted by Gasteiger charge is 2.12. The van der Waals surface area contributed by atoms with E-state index in [1.807, 2.05) is 36.5 Å². The van der Waals surface area contributed by atoms with Crippen molar-refractivity contribution in [2.24, 2.45) is 0 Å². The van der Waals surface area contributed by atoms with Crippen molar-refractivity contribution in [1.29, 1.82) is 5.26 Å². The van der Waals surface area contributed by atoms with Crippen molar-refractivity contribution in [2.45, 2.75) is 0 Å². The third-order valence-electron chi connectivity index (χ3n) is 4.07. The van der Waals surface area contributed by atoms with E-state index in [9.17, 15) is 5.26 Å². The largest absolute Gasteiger partial charge is 0.381 e. The maximum Gasteiger partial charge on any atom is 0.125 e. The third kappa shape index (κ3) is 3.06. The minimum atomic E-state index is 0.525. The Hall–Kier alpha value is -3.14. The standard InChI is InChI=1S/C20H16N4OS/c1-25-8-2-3-16-10-17-19(14(11-21)12-23-20(17)26-16)24-15-4-5-18-13(9-15)6-7-22-18/h2-7,9-10,12,22H,8H2,1H3,(H,23,24)/b3-2+. The van der Waals surface area contributed by atoms with Gasteiger partial charge in [-0.25, -0.2) is 4.98 Å². The number of thiophene rings is 1. The molecule has 1 aromatic carbocycles. The number of ether oxygens (including phenoxy) is 1. The molecule has 3 aromatic heterocycles. The van der Waals surface area contributed by atoms with Crippen LogP contribution < -0.4 is 5.32 Å². The smallest absolute Gasteiger partial charge is 0.125 e. The number of nitriles is 1. The van der Waals surface area contributed by atoms with Gasteiger partial charge >= 0.3 is 0 Å². The van der Waals surface area contributed by atoms with Gasteiger partial charge in [-0.2, -0.15) is 5.26 Å². The van der Waals surface area contributed by atoms with Gasteiger partial charge < -0.3 is 15.0 Å². The number of fused-ring (bicyclic) bond motifs is 2. The van der Waals surface area contributed by atoms with Crippen LogP contribution in [0.25, 0.3) is 27.2 Å². The van der Waals surface area contributed by atoms with E-state index in [2.05, 4.69) is 33.5 Å². The van der Waals surface area contributed by atoms with Crippen LogP contribution in [-0.4, -0.2) is 23.7 Å². The highest BCUT2D eigenvalue weighted by Crippen LogP contribution is 2.35. The van der Waals surface area contributed by atoms with Crippen LogP contribution in [-0.2, 0) is 4.74 Å². The van der Waals surface area contributed by atoms with Crippen LogP contribution >= 0.6 is 11.3 Å². The second-order valence-corrected chi connectivity index (χ2v) is 6.85. The third-order valence-corrected chi connectivity index (χ3v) is 5.08. The lowest BCUT2D eigenvalue weighted by atomic mass is 10.1. The van der Waals surface area contributed by atoms with E-state index < -0.39 is 0 Å². The van der Waals surface area contributed by atoms with Gasteiger partial charge in [0, 0.05) is 46.4 Å². The molecule has 0 aliphatic rings. The van der Waals surface area contributed by atoms with E-state index >= 15 is 0 Å². The summed E-state index contributed by atoms with van der Waals surface area (Å²) >= 11 is 1.59. The molecule has 0 saturated heterocycles. The van der Waals surface area contributed by atoms with Crippen molar-refractivity contribution in [3.63, 3.8) is 0 Å². The van der Waals surface area contributed by atoms with Crippen LogP contribution in [0.15, 0.2) is 48.8 Å². The molecule has 0 bridgehead atoms. The highest BCUT2D eigenvalue weighted by molar-refractivity contribution is 7.19. The molecule has 26 heavy (non-hydrogen) atoms. The van der Waals surface area contributed by atoms with Crippen molar-refractivity contribution in [3.05, 3.63) is 59.2 Å². The van der Waals surface area contributed by atoms with Gasteiger partial charge in [0.05, 0.1) is 17.9 Å². The van der Waals surface area contributed by atoms with Gasteiger partial charge in [0.15, 0.2) is 0 Å². The first-order valence-electron chi connectivity index (χ1n) is 8.11. The number of aromatic nitrogens is 2. The summed E-state index contributed by atoms with van der Waals surface area (Å²) in [6.07, 6.45) is 7.51. The molecule has 4 aromatic rings. The maximum atomic E-state index is 9.51. The number of rotatable bonds is 5. The molecular formula is C20H16N4OS. The van der Waals surface area contributed by atoms with E-state index in [0.717, 1.165) is 37.4 Å². The van der Waals surface area contributed by atoms with Crippen LogP contribution in [0.5, 0.6) is 0 Å². The lowest BCUT2D eigenvalue weighted by Gasteiger charge is -2.09. The first-order valence-corrected chi connectivity index (χ1v) is 8.92. The molecule has 128 valence electrons. The average Bonchev–Trinajstić information content (AvgIpc) is 3.28. The molecule has 3 heterocycles. The number of methoxy groups -OCH3 is 1. The number of nitrogens with one attached hydrogen (secondary N) is 2. The molecule has 0 fully saturated rings. The Bertz CT molecular complexity index is 1150. The van der Waals surface area contributed by atoms with E-state index in [0.29, 0.717) is 12.2 Å². The fraction of sp³-hybridized carbons (Fsp3) is 0.100. The summed E-state index contributed by atoms with van der Waals surface area (Å²) in [7, 11) is 1.67. The van der Waals surface area contributed by atoms with Crippen molar-refractivity contribution in [2.75, 3.05) is 19.0 Å². The summed E-state index contributed by atoms with van der Waals surface area (Å²) in [6, 6.07) is 12.4. The molecule has 0 unspecified atom stereocenters. The predicted molar refractivity (Wildman–Crippen MR) is 107 cm³/mol. The van der Waals surface area contributed by atoms with E-state index in [1.165, 1.54) is 0 Å². The second kappa shape index (κ2) is 7.00. The van der Waals surface area contributed by atoms with Crippen LogP contribution in [0.1, 0.15) is 10.4 Å². The van der Waals surface area contributed by atoms with Crippen molar-refractivity contribution in [3.8, 4) is 6.07 Å². The number of H-pyrrole nitrogens is 1. The molecule has 0 atom stereocenters. The summed E-state index contributed by atoms with van der Waals surface area (Å²) in [5.74, 6) is 0. The summed E-state index contributed by atoms with van der Waals surface area (Å²) in [5.41, 5.74) is 3.33. The maximum absolute atomic E-state index is 9.51. The summed E-state index contributed by atoms with van der Waals surface area (Å²) in [5, 5.41) is 15.0. The zero-order chi connectivity index (χ0) is 17.9. The van der Waals surface area contributed by atoms with E-state index in [1.54, 1.807) is 24.6 Å². The molecule has 4 rings (SSSR count). The average molecular weight is 360 g/mol. The summed E-state index contributed by atoms with van der Waals surface area (Å²) < 4.78 is 5.05. The molecule has 6 heteroatoms. The minimum Gasteiger partial charge on any atom is -0.381 e. The van der Waals surface area contributed by atoms with Crippen LogP contribution in [0.4, 0.5) is 11.4 Å². The fourth-order valence-electron chi connectivity index (χ4n) is 2.85. The van der Waals surface area contributed by atoms with Gasteiger partial charge in [-0.1, -0.05) is 6.08 Å². The summed E-state index contributed by atoms with van der Waals surface area (Å²) in [4.78, 5) is 9.58. The molecule has 0 amide bonds. The van der Waals surface area contributed by atoms with Gasteiger partial charge in [0.25, 0.3) is 0 Å². The molecule has 0 spiro atoms. The molecule has 0 aliphatic heterocycles. The Morgan fingerprint density at radius 2 is 2.27 bits per heavy atom. The topological polar surface area (TPSA) is 73.7 Å². The monoisotopic (exact) mass is 360 g/mol. The highest BCUT2D eigenvalue weighted by atomic mass is 32.1. The molecule has 0 radical (unpaired) electrons. The number of hydrogen-bond donors (Lipinski definition) is 2. The zero-order valence-electron chi connectivity index (χ0n) is 14.1. The number of anilines is 2. The Kier molecular flexibility index (Phi) is 4.40. The quantitative estimate of drug-likeness (QED) is 0.522. The van der Waals surface area contributed by atoms with Crippen LogP contribution in [0, 0.1) is 11.3 Å². The first kappa shape index (κ1) is 16.3. The number of aromatic amines is 1. The Labute approximate surface area is 154 Å². The SMILES string of the molecule is COC/C=C/c1cc2c(Nc3ccc4[nH]ccc4c3)c(C#N)cnc2s1. The summed E-state index contributed by atoms with van der Waals surface area (Å²) in [6.45, 7) is 0.562. The van der Waals surface area contributed by atoms with Gasteiger partial charge in [0.2, 0.25) is 0 Å². The van der Waals surface area contributed by atoms with Gasteiger partial charge in [0.1, 0.15) is 10.9 Å². The molecule has 0 saturated carbocycles. The Morgan fingerprint density at radius 3 is 3.12 bits per heavy atom. The van der Waals surface area contributed by atoms with Crippen LogP contribution in [0.3, 0.4) is 0 Å². The van der Waals surface area contributed by atoms with E-state index in [4.69, 9.17) is 4.74 Å². The van der Waals surface area contributed by atoms with Gasteiger partial charge in [-0.3, -0.25) is 0 Å². The fourth-order valence-corrected chi connectivity index (χ4v) is 3.79. The minimum absolute atomic E-state index is 0.525. The second-order valence-electron chi connectivity index (χ2n) is 5.79. The molecule has 2 N–H and O–H groups in total. The predicted octanol–water partition coefficient (Wildman–Crippen LogP) is 5.05. The van der Waals surface area contributed by atoms with Crippen LogP contribution in [0.2, 0.25) is 0 Å². The first-order chi connectivity index (χ1) is 12.8. The van der Waals surface area contributed by atoms with Crippen molar-refractivity contribution >= 4 is 49.9 Å². The lowest BCUT2D eigenvalue weighted by Crippen LogP contribution is -1.95. The van der Waals surface area contributed by atoms with Gasteiger partial charge in [-0.15, -0.1) is 11.3 Å².